The molecule has 3 nitrogen and oxygen atoms in total. The van der Waals surface area contributed by atoms with Crippen molar-refractivity contribution in [3.63, 3.8) is 0 Å². The highest BCUT2D eigenvalue weighted by Gasteiger charge is 2.36. The molecule has 2 atom stereocenters. The van der Waals surface area contributed by atoms with E-state index in [9.17, 15) is 13.5 Å². The van der Waals surface area contributed by atoms with Crippen LogP contribution < -0.4 is 0 Å². The monoisotopic (exact) mass is 316 g/mol. The van der Waals surface area contributed by atoms with E-state index in [1.165, 1.54) is 6.08 Å². The minimum absolute atomic E-state index is 0.205. The summed E-state index contributed by atoms with van der Waals surface area (Å²) in [6.45, 7) is 5.44. The van der Waals surface area contributed by atoms with Gasteiger partial charge in [-0.1, -0.05) is 61.5 Å². The van der Waals surface area contributed by atoms with Crippen LogP contribution in [-0.4, -0.2) is 19.3 Å². The molecule has 0 fully saturated rings. The first-order chi connectivity index (χ1) is 10.4. The number of aliphatic hydroxyl groups excluding tert-OH is 1. The van der Waals surface area contributed by atoms with E-state index in [-0.39, 0.29) is 10.6 Å². The summed E-state index contributed by atoms with van der Waals surface area (Å²) in [5.41, 5.74) is -0.302. The van der Waals surface area contributed by atoms with Gasteiger partial charge in [0.15, 0.2) is 9.84 Å². The van der Waals surface area contributed by atoms with E-state index in [2.05, 4.69) is 6.58 Å². The molecule has 1 N–H and O–H groups in total. The second-order valence-corrected chi connectivity index (χ2v) is 7.58. The van der Waals surface area contributed by atoms with Gasteiger partial charge in [-0.05, 0) is 17.7 Å². The van der Waals surface area contributed by atoms with Gasteiger partial charge >= 0.3 is 0 Å². The lowest BCUT2D eigenvalue weighted by molar-refractivity contribution is 0.0840. The number of rotatable bonds is 6. The molecular weight excluding hydrogens is 296 g/mol. The van der Waals surface area contributed by atoms with Crippen LogP contribution in [0.4, 0.5) is 0 Å². The van der Waals surface area contributed by atoms with E-state index in [0.29, 0.717) is 5.56 Å². The van der Waals surface area contributed by atoms with Crippen molar-refractivity contribution in [2.45, 2.75) is 17.9 Å². The third-order valence-electron chi connectivity index (χ3n) is 3.81. The van der Waals surface area contributed by atoms with Crippen LogP contribution in [0.2, 0.25) is 0 Å². The van der Waals surface area contributed by atoms with Crippen LogP contribution in [0.3, 0.4) is 0 Å². The van der Waals surface area contributed by atoms with E-state index in [1.54, 1.807) is 49.4 Å². The Labute approximate surface area is 131 Å². The number of benzene rings is 2. The first-order valence-corrected chi connectivity index (χ1v) is 8.69. The van der Waals surface area contributed by atoms with Crippen LogP contribution in [0.25, 0.3) is 0 Å². The Morgan fingerprint density at radius 2 is 1.59 bits per heavy atom. The molecule has 0 saturated carbocycles. The van der Waals surface area contributed by atoms with E-state index >= 15 is 0 Å². The molecule has 2 aromatic rings. The van der Waals surface area contributed by atoms with Crippen molar-refractivity contribution in [3.8, 4) is 0 Å². The molecule has 0 aliphatic heterocycles. The summed E-state index contributed by atoms with van der Waals surface area (Å²) in [4.78, 5) is 0.253. The highest BCUT2D eigenvalue weighted by Crippen LogP contribution is 2.37. The number of aliphatic hydroxyl groups is 1. The second kappa shape index (κ2) is 6.46. The summed E-state index contributed by atoms with van der Waals surface area (Å²) in [5, 5.41) is 10.6. The van der Waals surface area contributed by atoms with Crippen molar-refractivity contribution in [1.29, 1.82) is 0 Å². The average molecular weight is 316 g/mol. The fourth-order valence-electron chi connectivity index (χ4n) is 2.39. The van der Waals surface area contributed by atoms with Crippen molar-refractivity contribution in [1.82, 2.24) is 0 Å². The average Bonchev–Trinajstić information content (AvgIpc) is 2.55. The van der Waals surface area contributed by atoms with Crippen molar-refractivity contribution >= 4 is 9.84 Å². The van der Waals surface area contributed by atoms with Gasteiger partial charge in [0.1, 0.15) is 0 Å². The van der Waals surface area contributed by atoms with Crippen molar-refractivity contribution in [2.24, 2.45) is 5.41 Å². The largest absolute Gasteiger partial charge is 0.387 e. The zero-order valence-electron chi connectivity index (χ0n) is 12.5. The predicted molar refractivity (Wildman–Crippen MR) is 88.2 cm³/mol. The van der Waals surface area contributed by atoms with Crippen LogP contribution in [0.15, 0.2) is 78.2 Å². The maximum Gasteiger partial charge on any atom is 0.179 e. The quantitative estimate of drug-likeness (QED) is 0.831. The third-order valence-corrected chi connectivity index (χ3v) is 5.80. The maximum absolute atomic E-state index is 12.6. The molecule has 2 rings (SSSR count). The lowest BCUT2D eigenvalue weighted by atomic mass is 9.82. The Morgan fingerprint density at radius 1 is 1.09 bits per heavy atom. The van der Waals surface area contributed by atoms with Crippen LogP contribution in [0, 0.1) is 5.41 Å². The van der Waals surface area contributed by atoms with E-state index in [0.717, 1.165) is 0 Å². The van der Waals surface area contributed by atoms with Crippen molar-refractivity contribution < 1.29 is 13.5 Å². The SMILES string of the molecule is C=CC(C)(CS(=O)(=O)c1ccccc1)C(O)c1ccccc1. The van der Waals surface area contributed by atoms with Crippen LogP contribution in [-0.2, 0) is 9.84 Å². The fourth-order valence-corrected chi connectivity index (χ4v) is 4.22. The second-order valence-electron chi connectivity index (χ2n) is 5.60. The van der Waals surface area contributed by atoms with Gasteiger partial charge in [-0.3, -0.25) is 0 Å². The molecule has 2 unspecified atom stereocenters. The third kappa shape index (κ3) is 3.46. The summed E-state index contributed by atoms with van der Waals surface area (Å²) in [5.74, 6) is -0.205. The molecular formula is C18H20O3S. The summed E-state index contributed by atoms with van der Waals surface area (Å²) < 4.78 is 25.2. The molecule has 0 aliphatic rings. The van der Waals surface area contributed by atoms with Gasteiger partial charge in [-0.15, -0.1) is 6.58 Å². The van der Waals surface area contributed by atoms with Crippen molar-refractivity contribution in [3.05, 3.63) is 78.9 Å². The molecule has 0 radical (unpaired) electrons. The summed E-state index contributed by atoms with van der Waals surface area (Å²) in [6.07, 6.45) is 0.579. The zero-order chi connectivity index (χ0) is 16.2. The van der Waals surface area contributed by atoms with Crippen LogP contribution in [0.1, 0.15) is 18.6 Å². The normalized spacial score (nSPS) is 15.7. The molecule has 0 aliphatic carbocycles. The maximum atomic E-state index is 12.6. The molecule has 0 spiro atoms. The number of hydrogen-bond donors (Lipinski definition) is 1. The van der Waals surface area contributed by atoms with Gasteiger partial charge in [0, 0.05) is 5.41 Å². The van der Waals surface area contributed by atoms with Gasteiger partial charge in [-0.2, -0.15) is 0 Å². The topological polar surface area (TPSA) is 54.4 Å². The first kappa shape index (κ1) is 16.5. The van der Waals surface area contributed by atoms with E-state index in [4.69, 9.17) is 0 Å². The van der Waals surface area contributed by atoms with Gasteiger partial charge in [0.05, 0.1) is 16.8 Å². The molecule has 0 amide bonds. The van der Waals surface area contributed by atoms with Gasteiger partial charge in [-0.25, -0.2) is 8.42 Å². The Balaban J connectivity index is 2.33. The standard InChI is InChI=1S/C18H20O3S/c1-3-18(2,17(19)15-10-6-4-7-11-15)14-22(20,21)16-12-8-5-9-13-16/h3-13,17,19H,1,14H2,2H3. The highest BCUT2D eigenvalue weighted by molar-refractivity contribution is 7.91. The minimum Gasteiger partial charge on any atom is -0.387 e. The molecule has 4 heteroatoms. The molecule has 0 aromatic heterocycles. The van der Waals surface area contributed by atoms with Crippen molar-refractivity contribution in [2.75, 3.05) is 5.75 Å². The zero-order valence-corrected chi connectivity index (χ0v) is 13.3. The Hall–Kier alpha value is -1.91. The van der Waals surface area contributed by atoms with Crippen LogP contribution >= 0.6 is 0 Å². The van der Waals surface area contributed by atoms with Gasteiger partial charge in [0.2, 0.25) is 0 Å². The number of hydrogen-bond acceptors (Lipinski definition) is 3. The highest BCUT2D eigenvalue weighted by atomic mass is 32.2. The lowest BCUT2D eigenvalue weighted by Crippen LogP contribution is -2.31. The lowest BCUT2D eigenvalue weighted by Gasteiger charge is -2.31. The first-order valence-electron chi connectivity index (χ1n) is 7.03. The summed E-state index contributed by atoms with van der Waals surface area (Å²) in [7, 11) is -3.51. The Kier molecular flexibility index (Phi) is 4.84. The summed E-state index contributed by atoms with van der Waals surface area (Å²) in [6, 6.07) is 17.3. The Bertz CT molecular complexity index is 723. The van der Waals surface area contributed by atoms with Gasteiger partial charge < -0.3 is 5.11 Å². The minimum atomic E-state index is -3.51. The molecule has 22 heavy (non-hydrogen) atoms. The molecule has 0 heterocycles. The Morgan fingerprint density at radius 3 is 2.09 bits per heavy atom. The molecule has 116 valence electrons. The van der Waals surface area contributed by atoms with E-state index in [1.807, 2.05) is 18.2 Å². The van der Waals surface area contributed by atoms with Crippen LogP contribution in [0.5, 0.6) is 0 Å². The predicted octanol–water partition coefficient (Wildman–Crippen LogP) is 3.39. The molecule has 0 bridgehead atoms. The molecule has 0 saturated heterocycles. The molecule has 2 aromatic carbocycles. The summed E-state index contributed by atoms with van der Waals surface area (Å²) >= 11 is 0. The fraction of sp³-hybridized carbons (Fsp3) is 0.222. The number of sulfone groups is 1. The van der Waals surface area contributed by atoms with Gasteiger partial charge in [0.25, 0.3) is 0 Å². The van der Waals surface area contributed by atoms with E-state index < -0.39 is 21.4 Å². The smallest absolute Gasteiger partial charge is 0.179 e.